The van der Waals surface area contributed by atoms with Gasteiger partial charge < -0.3 is 19.5 Å². The second kappa shape index (κ2) is 9.14. The minimum absolute atomic E-state index is 0.0128. The lowest BCUT2D eigenvalue weighted by Crippen LogP contribution is -2.36. The van der Waals surface area contributed by atoms with Gasteiger partial charge in [0.05, 0.1) is 30.4 Å². The van der Waals surface area contributed by atoms with E-state index in [0.29, 0.717) is 28.3 Å². The molecule has 2 aliphatic heterocycles. The lowest BCUT2D eigenvalue weighted by molar-refractivity contribution is -0.140. The Morgan fingerprint density at radius 2 is 1.78 bits per heavy atom. The summed E-state index contributed by atoms with van der Waals surface area (Å²) in [7, 11) is 1.29. The summed E-state index contributed by atoms with van der Waals surface area (Å²) in [5, 5.41) is 11.5. The van der Waals surface area contributed by atoms with E-state index in [-0.39, 0.29) is 24.0 Å². The summed E-state index contributed by atoms with van der Waals surface area (Å²) in [6.45, 7) is 0.837. The molecule has 2 aromatic carbocycles. The lowest BCUT2D eigenvalue weighted by Gasteiger charge is -2.27. The van der Waals surface area contributed by atoms with Crippen molar-refractivity contribution in [1.29, 1.82) is 0 Å². The third-order valence-corrected chi connectivity index (χ3v) is 5.98. The van der Waals surface area contributed by atoms with Crippen LogP contribution in [0.3, 0.4) is 0 Å². The molecule has 2 atom stereocenters. The third-order valence-electron chi connectivity index (χ3n) is 5.73. The number of aliphatic hydroxyl groups excluding tert-OH is 1. The van der Waals surface area contributed by atoms with Crippen LogP contribution in [0.15, 0.2) is 54.1 Å². The van der Waals surface area contributed by atoms with Gasteiger partial charge in [-0.15, -0.1) is 0 Å². The van der Waals surface area contributed by atoms with E-state index >= 15 is 0 Å². The van der Waals surface area contributed by atoms with Gasteiger partial charge in [0.2, 0.25) is 0 Å². The summed E-state index contributed by atoms with van der Waals surface area (Å²) in [4.78, 5) is 39.3. The molecule has 0 bridgehead atoms. The number of ether oxygens (including phenoxy) is 2. The number of hydrogen-bond donors (Lipinski definition) is 1. The molecule has 1 amide bonds. The predicted octanol–water partition coefficient (Wildman–Crippen LogP) is 3.73. The maximum absolute atomic E-state index is 13.0. The first-order valence-corrected chi connectivity index (χ1v) is 10.6. The molecular weight excluding hydrogens is 434 g/mol. The molecule has 2 fully saturated rings. The van der Waals surface area contributed by atoms with Crippen molar-refractivity contribution in [3.8, 4) is 0 Å². The number of carbonyl (C=O) groups excluding carboxylic acids is 3. The Kier molecular flexibility index (Phi) is 6.30. The zero-order valence-corrected chi connectivity index (χ0v) is 18.2. The summed E-state index contributed by atoms with van der Waals surface area (Å²) in [6, 6.07) is 12.0. The van der Waals surface area contributed by atoms with Crippen LogP contribution >= 0.6 is 11.6 Å². The Morgan fingerprint density at radius 1 is 1.12 bits per heavy atom. The van der Waals surface area contributed by atoms with Crippen LogP contribution in [0.25, 0.3) is 5.76 Å². The largest absolute Gasteiger partial charge is 0.507 e. The van der Waals surface area contributed by atoms with Crippen molar-refractivity contribution in [3.05, 3.63) is 75.8 Å². The van der Waals surface area contributed by atoms with E-state index in [1.165, 1.54) is 12.0 Å². The van der Waals surface area contributed by atoms with Gasteiger partial charge in [-0.1, -0.05) is 23.7 Å². The van der Waals surface area contributed by atoms with Crippen LogP contribution in [0.1, 0.15) is 40.4 Å². The normalized spacial score (nSPS) is 22.4. The van der Waals surface area contributed by atoms with Crippen LogP contribution in [0.4, 0.5) is 0 Å². The number of benzene rings is 2. The Labute approximate surface area is 190 Å². The highest BCUT2D eigenvalue weighted by atomic mass is 35.5. The van der Waals surface area contributed by atoms with Crippen LogP contribution in [0.2, 0.25) is 5.02 Å². The average Bonchev–Trinajstić information content (AvgIpc) is 3.41. The first-order chi connectivity index (χ1) is 15.4. The van der Waals surface area contributed by atoms with Gasteiger partial charge in [0.25, 0.3) is 11.7 Å². The number of rotatable bonds is 5. The first kappa shape index (κ1) is 22.0. The number of ketones is 1. The highest BCUT2D eigenvalue weighted by Gasteiger charge is 2.47. The molecule has 32 heavy (non-hydrogen) atoms. The zero-order chi connectivity index (χ0) is 22.8. The molecule has 2 unspecified atom stereocenters. The van der Waals surface area contributed by atoms with E-state index < -0.39 is 23.7 Å². The van der Waals surface area contributed by atoms with Crippen LogP contribution < -0.4 is 0 Å². The molecule has 1 N–H and O–H groups in total. The second-order valence-electron chi connectivity index (χ2n) is 7.71. The van der Waals surface area contributed by atoms with E-state index in [9.17, 15) is 19.5 Å². The van der Waals surface area contributed by atoms with Gasteiger partial charge in [-0.2, -0.15) is 0 Å². The van der Waals surface area contributed by atoms with Crippen molar-refractivity contribution in [2.24, 2.45) is 0 Å². The van der Waals surface area contributed by atoms with Gasteiger partial charge in [0.1, 0.15) is 5.76 Å². The number of carbonyl (C=O) groups is 3. The standard InChI is InChI=1S/C24H22ClNO6/c1-31-24(30)16-6-4-14(5-7-16)20-19(21(27)15-8-10-17(25)11-9-15)22(28)23(29)26(20)13-18-3-2-12-32-18/h4-11,18,20,27H,2-3,12-13H2,1H3/b21-19-. The molecule has 0 radical (unpaired) electrons. The number of esters is 1. The van der Waals surface area contributed by atoms with Gasteiger partial charge >= 0.3 is 5.97 Å². The molecule has 2 heterocycles. The number of likely N-dealkylation sites (tertiary alicyclic amines) is 1. The summed E-state index contributed by atoms with van der Waals surface area (Å²) in [5.74, 6) is -2.24. The number of amides is 1. The fraction of sp³-hybridized carbons (Fsp3) is 0.292. The fourth-order valence-corrected chi connectivity index (χ4v) is 4.23. The molecule has 166 valence electrons. The van der Waals surface area contributed by atoms with E-state index in [1.807, 2.05) is 0 Å². The maximum atomic E-state index is 13.0. The number of hydrogen-bond acceptors (Lipinski definition) is 6. The molecule has 0 aliphatic carbocycles. The second-order valence-corrected chi connectivity index (χ2v) is 8.14. The van der Waals surface area contributed by atoms with Crippen molar-refractivity contribution < 1.29 is 29.0 Å². The molecule has 4 rings (SSSR count). The maximum Gasteiger partial charge on any atom is 0.337 e. The lowest BCUT2D eigenvalue weighted by atomic mass is 9.94. The Balaban J connectivity index is 1.80. The minimum Gasteiger partial charge on any atom is -0.507 e. The van der Waals surface area contributed by atoms with Gasteiger partial charge in [-0.05, 0) is 54.8 Å². The van der Waals surface area contributed by atoms with Crippen molar-refractivity contribution in [3.63, 3.8) is 0 Å². The molecule has 0 aromatic heterocycles. The monoisotopic (exact) mass is 455 g/mol. The fourth-order valence-electron chi connectivity index (χ4n) is 4.11. The molecule has 0 spiro atoms. The van der Waals surface area contributed by atoms with E-state index in [2.05, 4.69) is 0 Å². The summed E-state index contributed by atoms with van der Waals surface area (Å²) in [6.07, 6.45) is 1.49. The van der Waals surface area contributed by atoms with E-state index in [0.717, 1.165) is 12.8 Å². The number of halogens is 1. The highest BCUT2D eigenvalue weighted by Crippen LogP contribution is 2.40. The molecule has 8 heteroatoms. The number of methoxy groups -OCH3 is 1. The predicted molar refractivity (Wildman–Crippen MR) is 117 cm³/mol. The van der Waals surface area contributed by atoms with Crippen molar-refractivity contribution in [2.45, 2.75) is 25.0 Å². The van der Waals surface area contributed by atoms with Crippen LogP contribution in [0, 0.1) is 0 Å². The smallest absolute Gasteiger partial charge is 0.337 e. The average molecular weight is 456 g/mol. The van der Waals surface area contributed by atoms with Gasteiger partial charge in [-0.25, -0.2) is 4.79 Å². The summed E-state index contributed by atoms with van der Waals surface area (Å²) in [5.41, 5.74) is 1.29. The van der Waals surface area contributed by atoms with Crippen molar-refractivity contribution in [2.75, 3.05) is 20.3 Å². The Morgan fingerprint density at radius 3 is 2.38 bits per heavy atom. The Hall–Kier alpha value is -3.16. The van der Waals surface area contributed by atoms with Crippen molar-refractivity contribution >= 4 is 35.0 Å². The number of nitrogens with zero attached hydrogens (tertiary/aromatic N) is 1. The van der Waals surface area contributed by atoms with E-state index in [4.69, 9.17) is 21.1 Å². The highest BCUT2D eigenvalue weighted by molar-refractivity contribution is 6.46. The summed E-state index contributed by atoms with van der Waals surface area (Å²) < 4.78 is 10.4. The Bertz CT molecular complexity index is 1070. The molecule has 0 saturated carbocycles. The van der Waals surface area contributed by atoms with Crippen LogP contribution in [-0.2, 0) is 19.1 Å². The minimum atomic E-state index is -0.818. The van der Waals surface area contributed by atoms with Gasteiger partial charge in [0.15, 0.2) is 0 Å². The molecule has 2 aromatic rings. The molecular formula is C24H22ClNO6. The molecule has 7 nitrogen and oxygen atoms in total. The van der Waals surface area contributed by atoms with Crippen LogP contribution in [0.5, 0.6) is 0 Å². The van der Waals surface area contributed by atoms with E-state index in [1.54, 1.807) is 48.5 Å². The zero-order valence-electron chi connectivity index (χ0n) is 17.4. The van der Waals surface area contributed by atoms with Crippen molar-refractivity contribution in [1.82, 2.24) is 4.90 Å². The quantitative estimate of drug-likeness (QED) is 0.319. The van der Waals surface area contributed by atoms with Crippen LogP contribution in [-0.4, -0.2) is 54.0 Å². The topological polar surface area (TPSA) is 93.1 Å². The number of Topliss-reactive ketones (excluding diaryl/α,β-unsaturated/α-hetero) is 1. The van der Waals surface area contributed by atoms with Gasteiger partial charge in [0, 0.05) is 23.7 Å². The molecule has 2 saturated heterocycles. The third kappa shape index (κ3) is 4.13. The SMILES string of the molecule is COC(=O)c1ccc(C2/C(=C(/O)c3ccc(Cl)cc3)C(=O)C(=O)N2CC2CCCO2)cc1. The van der Waals surface area contributed by atoms with Gasteiger partial charge in [-0.3, -0.25) is 9.59 Å². The first-order valence-electron chi connectivity index (χ1n) is 10.2. The summed E-state index contributed by atoms with van der Waals surface area (Å²) >= 11 is 5.94. The molecule has 2 aliphatic rings. The number of aliphatic hydroxyl groups is 1.